The fourth-order valence-electron chi connectivity index (χ4n) is 2.08. The zero-order valence-corrected chi connectivity index (χ0v) is 11.8. The molecule has 1 atom stereocenters. The SMILES string of the molecule is CCC(CCNC(=O)C(C)=C1CNC1)CCC(=O)O. The number of carbonyl (C=O) groups excluding carboxylic acids is 1. The number of carbonyl (C=O) groups is 2. The van der Waals surface area contributed by atoms with E-state index in [0.717, 1.165) is 31.5 Å². The second kappa shape index (κ2) is 7.94. The molecule has 1 amide bonds. The minimum Gasteiger partial charge on any atom is -0.481 e. The van der Waals surface area contributed by atoms with Crippen LogP contribution >= 0.6 is 0 Å². The van der Waals surface area contributed by atoms with Gasteiger partial charge in [0.1, 0.15) is 0 Å². The Labute approximate surface area is 114 Å². The lowest BCUT2D eigenvalue weighted by Gasteiger charge is -2.21. The summed E-state index contributed by atoms with van der Waals surface area (Å²) in [4.78, 5) is 22.3. The van der Waals surface area contributed by atoms with Gasteiger partial charge >= 0.3 is 5.97 Å². The third-order valence-electron chi connectivity index (χ3n) is 3.73. The van der Waals surface area contributed by atoms with Crippen LogP contribution in [0.4, 0.5) is 0 Å². The van der Waals surface area contributed by atoms with Crippen LogP contribution in [0, 0.1) is 5.92 Å². The van der Waals surface area contributed by atoms with Crippen LogP contribution in [0.15, 0.2) is 11.1 Å². The van der Waals surface area contributed by atoms with E-state index in [1.807, 2.05) is 6.92 Å². The number of aliphatic carboxylic acids is 1. The van der Waals surface area contributed by atoms with E-state index >= 15 is 0 Å². The maximum Gasteiger partial charge on any atom is 0.303 e. The van der Waals surface area contributed by atoms with Gasteiger partial charge in [0.25, 0.3) is 0 Å². The van der Waals surface area contributed by atoms with E-state index in [2.05, 4.69) is 17.6 Å². The van der Waals surface area contributed by atoms with Crippen LogP contribution in [0.25, 0.3) is 0 Å². The highest BCUT2D eigenvalue weighted by Crippen LogP contribution is 2.15. The number of hydrogen-bond donors (Lipinski definition) is 3. The maximum absolute atomic E-state index is 11.8. The molecule has 1 unspecified atom stereocenters. The average molecular weight is 268 g/mol. The molecule has 1 aliphatic heterocycles. The van der Waals surface area contributed by atoms with Crippen LogP contribution in [-0.2, 0) is 9.59 Å². The number of hydrogen-bond acceptors (Lipinski definition) is 3. The predicted molar refractivity (Wildman–Crippen MR) is 73.8 cm³/mol. The van der Waals surface area contributed by atoms with Crippen molar-refractivity contribution in [1.29, 1.82) is 0 Å². The summed E-state index contributed by atoms with van der Waals surface area (Å²) < 4.78 is 0. The van der Waals surface area contributed by atoms with Gasteiger partial charge in [-0.05, 0) is 31.3 Å². The molecular formula is C14H24N2O3. The zero-order valence-electron chi connectivity index (χ0n) is 11.8. The van der Waals surface area contributed by atoms with Gasteiger partial charge in [-0.15, -0.1) is 0 Å². The van der Waals surface area contributed by atoms with Crippen molar-refractivity contribution in [2.45, 2.75) is 39.5 Å². The molecule has 1 rings (SSSR count). The van der Waals surface area contributed by atoms with Gasteiger partial charge in [-0.1, -0.05) is 13.3 Å². The first-order valence-electron chi connectivity index (χ1n) is 6.94. The van der Waals surface area contributed by atoms with Gasteiger partial charge in [-0.3, -0.25) is 9.59 Å². The van der Waals surface area contributed by atoms with E-state index in [1.165, 1.54) is 5.57 Å². The quantitative estimate of drug-likeness (QED) is 0.580. The minimum absolute atomic E-state index is 0.00425. The molecule has 0 aromatic heterocycles. The fourth-order valence-corrected chi connectivity index (χ4v) is 2.08. The zero-order chi connectivity index (χ0) is 14.3. The van der Waals surface area contributed by atoms with Crippen molar-refractivity contribution in [3.63, 3.8) is 0 Å². The Morgan fingerprint density at radius 1 is 1.37 bits per heavy atom. The van der Waals surface area contributed by atoms with Crippen molar-refractivity contribution in [1.82, 2.24) is 10.6 Å². The molecule has 108 valence electrons. The predicted octanol–water partition coefficient (Wildman–Crippen LogP) is 1.30. The normalized spacial score (nSPS) is 15.6. The molecule has 3 N–H and O–H groups in total. The standard InChI is InChI=1S/C14H24N2O3/c1-3-11(4-5-13(17)18)6-7-16-14(19)10(2)12-8-15-9-12/h11,15H,3-9H2,1-2H3,(H,16,19)(H,17,18). The summed E-state index contributed by atoms with van der Waals surface area (Å²) in [6, 6.07) is 0. The maximum atomic E-state index is 11.8. The smallest absolute Gasteiger partial charge is 0.303 e. The second-order valence-corrected chi connectivity index (χ2v) is 5.08. The highest BCUT2D eigenvalue weighted by Gasteiger charge is 2.16. The fraction of sp³-hybridized carbons (Fsp3) is 0.714. The molecular weight excluding hydrogens is 244 g/mol. The molecule has 0 aliphatic carbocycles. The Hall–Kier alpha value is -1.36. The van der Waals surface area contributed by atoms with Crippen molar-refractivity contribution in [3.8, 4) is 0 Å². The molecule has 0 aromatic carbocycles. The Kier molecular flexibility index (Phi) is 6.56. The Morgan fingerprint density at radius 3 is 2.53 bits per heavy atom. The van der Waals surface area contributed by atoms with Gasteiger partial charge in [-0.25, -0.2) is 0 Å². The molecule has 1 heterocycles. The van der Waals surface area contributed by atoms with Crippen molar-refractivity contribution in [3.05, 3.63) is 11.1 Å². The van der Waals surface area contributed by atoms with Gasteiger partial charge < -0.3 is 15.7 Å². The molecule has 19 heavy (non-hydrogen) atoms. The van der Waals surface area contributed by atoms with E-state index in [-0.39, 0.29) is 12.3 Å². The number of carboxylic acid groups (broad SMARTS) is 1. The number of amides is 1. The largest absolute Gasteiger partial charge is 0.481 e. The highest BCUT2D eigenvalue weighted by atomic mass is 16.4. The minimum atomic E-state index is -0.749. The first-order chi connectivity index (χ1) is 9.04. The molecule has 0 saturated carbocycles. The topological polar surface area (TPSA) is 78.4 Å². The summed E-state index contributed by atoms with van der Waals surface area (Å²) in [6.07, 6.45) is 2.69. The first kappa shape index (κ1) is 15.7. The van der Waals surface area contributed by atoms with Gasteiger partial charge in [0.15, 0.2) is 0 Å². The third-order valence-corrected chi connectivity index (χ3v) is 3.73. The van der Waals surface area contributed by atoms with E-state index in [9.17, 15) is 9.59 Å². The molecule has 0 aromatic rings. The monoisotopic (exact) mass is 268 g/mol. The Bertz CT molecular complexity index is 358. The summed E-state index contributed by atoms with van der Waals surface area (Å²) >= 11 is 0. The van der Waals surface area contributed by atoms with Crippen molar-refractivity contribution in [2.75, 3.05) is 19.6 Å². The third kappa shape index (κ3) is 5.42. The van der Waals surface area contributed by atoms with E-state index in [1.54, 1.807) is 0 Å². The number of carboxylic acids is 1. The molecule has 0 spiro atoms. The van der Waals surface area contributed by atoms with Gasteiger partial charge in [0, 0.05) is 31.6 Å². The highest BCUT2D eigenvalue weighted by molar-refractivity contribution is 5.93. The summed E-state index contributed by atoms with van der Waals surface area (Å²) in [6.45, 7) is 6.16. The van der Waals surface area contributed by atoms with Gasteiger partial charge in [0.05, 0.1) is 0 Å². The molecule has 5 nitrogen and oxygen atoms in total. The summed E-state index contributed by atoms with van der Waals surface area (Å²) in [7, 11) is 0. The van der Waals surface area contributed by atoms with Crippen LogP contribution in [-0.4, -0.2) is 36.6 Å². The van der Waals surface area contributed by atoms with Crippen molar-refractivity contribution >= 4 is 11.9 Å². The van der Waals surface area contributed by atoms with Crippen LogP contribution in [0.2, 0.25) is 0 Å². The summed E-state index contributed by atoms with van der Waals surface area (Å²) in [5, 5.41) is 14.7. The van der Waals surface area contributed by atoms with E-state index in [0.29, 0.717) is 18.9 Å². The van der Waals surface area contributed by atoms with Crippen molar-refractivity contribution in [2.24, 2.45) is 5.92 Å². The van der Waals surface area contributed by atoms with Crippen molar-refractivity contribution < 1.29 is 14.7 Å². The number of rotatable bonds is 8. The molecule has 1 saturated heterocycles. The second-order valence-electron chi connectivity index (χ2n) is 5.08. The van der Waals surface area contributed by atoms with E-state index in [4.69, 9.17) is 5.11 Å². The molecule has 1 fully saturated rings. The van der Waals surface area contributed by atoms with Crippen LogP contribution in [0.3, 0.4) is 0 Å². The summed E-state index contributed by atoms with van der Waals surface area (Å²) in [5.74, 6) is -0.375. The van der Waals surface area contributed by atoms with Gasteiger partial charge in [-0.2, -0.15) is 0 Å². The molecule has 0 radical (unpaired) electrons. The molecule has 5 heteroatoms. The lowest BCUT2D eigenvalue weighted by Crippen LogP contribution is -2.38. The van der Waals surface area contributed by atoms with Crippen LogP contribution < -0.4 is 10.6 Å². The molecule has 0 bridgehead atoms. The summed E-state index contributed by atoms with van der Waals surface area (Å²) in [5.41, 5.74) is 1.99. The lowest BCUT2D eigenvalue weighted by atomic mass is 9.96. The average Bonchev–Trinajstić information content (AvgIpc) is 2.30. The van der Waals surface area contributed by atoms with Gasteiger partial charge in [0.2, 0.25) is 5.91 Å². The lowest BCUT2D eigenvalue weighted by molar-refractivity contribution is -0.137. The molecule has 1 aliphatic rings. The van der Waals surface area contributed by atoms with Crippen LogP contribution in [0.5, 0.6) is 0 Å². The van der Waals surface area contributed by atoms with Crippen LogP contribution in [0.1, 0.15) is 39.5 Å². The Morgan fingerprint density at radius 2 is 2.05 bits per heavy atom. The Balaban J connectivity index is 2.24. The van der Waals surface area contributed by atoms with E-state index < -0.39 is 5.97 Å². The number of nitrogens with one attached hydrogen (secondary N) is 2. The first-order valence-corrected chi connectivity index (χ1v) is 6.94.